The highest BCUT2D eigenvalue weighted by atomic mass is 35.5. The van der Waals surface area contributed by atoms with Crippen LogP contribution in [0, 0.1) is 0 Å². The lowest BCUT2D eigenvalue weighted by atomic mass is 10.8. The maximum Gasteiger partial charge on any atom is 0.222 e. The Morgan fingerprint density at radius 3 is 2.89 bits per heavy atom. The molecule has 1 heterocycles. The Morgan fingerprint density at radius 1 is 1.78 bits per heavy atom. The first kappa shape index (κ1) is 6.47. The van der Waals surface area contributed by atoms with E-state index >= 15 is 0 Å². The largest absolute Gasteiger partial charge is 0.291 e. The zero-order valence-corrected chi connectivity index (χ0v) is 5.28. The lowest BCUT2D eigenvalue weighted by Crippen LogP contribution is -2.46. The Balaban J connectivity index is 2.70. The molecule has 6 heteroatoms. The standard InChI is InChI=1S/C3H6ClN5/c4-2-7-1-9(6)3(5)8-2/h1,3H,5-6H2. The summed E-state index contributed by atoms with van der Waals surface area (Å²) in [5.41, 5.74) is 5.31. The molecular weight excluding hydrogens is 142 g/mol. The fourth-order valence-electron chi connectivity index (χ4n) is 0.392. The Morgan fingerprint density at radius 2 is 2.44 bits per heavy atom. The molecule has 0 aromatic rings. The van der Waals surface area contributed by atoms with Gasteiger partial charge in [0.2, 0.25) is 5.29 Å². The minimum Gasteiger partial charge on any atom is -0.291 e. The van der Waals surface area contributed by atoms with Gasteiger partial charge in [0.1, 0.15) is 6.34 Å². The van der Waals surface area contributed by atoms with Crippen LogP contribution >= 0.6 is 11.6 Å². The van der Waals surface area contributed by atoms with Crippen LogP contribution < -0.4 is 11.6 Å². The van der Waals surface area contributed by atoms with Crippen molar-refractivity contribution in [2.45, 2.75) is 6.29 Å². The third kappa shape index (κ3) is 1.38. The van der Waals surface area contributed by atoms with E-state index in [4.69, 9.17) is 23.2 Å². The van der Waals surface area contributed by atoms with E-state index in [9.17, 15) is 0 Å². The zero-order valence-electron chi connectivity index (χ0n) is 4.53. The van der Waals surface area contributed by atoms with E-state index in [0.717, 1.165) is 5.01 Å². The van der Waals surface area contributed by atoms with Crippen LogP contribution in [0.4, 0.5) is 0 Å². The quantitative estimate of drug-likeness (QED) is 0.342. The predicted octanol–water partition coefficient (Wildman–Crippen LogP) is -0.959. The van der Waals surface area contributed by atoms with Gasteiger partial charge in [0, 0.05) is 0 Å². The fourth-order valence-corrected chi connectivity index (χ4v) is 0.535. The predicted molar refractivity (Wildman–Crippen MR) is 35.8 cm³/mol. The van der Waals surface area contributed by atoms with E-state index in [1.54, 1.807) is 0 Å². The van der Waals surface area contributed by atoms with Crippen molar-refractivity contribution in [2.24, 2.45) is 21.6 Å². The van der Waals surface area contributed by atoms with Crippen molar-refractivity contribution in [1.29, 1.82) is 0 Å². The van der Waals surface area contributed by atoms with Crippen molar-refractivity contribution < 1.29 is 0 Å². The number of nitrogens with two attached hydrogens (primary N) is 2. The van der Waals surface area contributed by atoms with E-state index in [1.165, 1.54) is 6.34 Å². The lowest BCUT2D eigenvalue weighted by Gasteiger charge is -2.19. The zero-order chi connectivity index (χ0) is 6.85. The van der Waals surface area contributed by atoms with Gasteiger partial charge in [-0.25, -0.2) is 15.8 Å². The highest BCUT2D eigenvalue weighted by Crippen LogP contribution is 1.97. The summed E-state index contributed by atoms with van der Waals surface area (Å²) >= 11 is 5.37. The van der Waals surface area contributed by atoms with Gasteiger partial charge in [0.15, 0.2) is 6.29 Å². The second-order valence-corrected chi connectivity index (χ2v) is 1.84. The molecule has 50 valence electrons. The van der Waals surface area contributed by atoms with Crippen LogP contribution in [-0.4, -0.2) is 22.9 Å². The number of hydrazine groups is 1. The van der Waals surface area contributed by atoms with Crippen LogP contribution in [0.2, 0.25) is 0 Å². The summed E-state index contributed by atoms with van der Waals surface area (Å²) in [4.78, 5) is 7.20. The summed E-state index contributed by atoms with van der Waals surface area (Å²) in [6.07, 6.45) is 0.718. The maximum atomic E-state index is 5.37. The van der Waals surface area contributed by atoms with Gasteiger partial charge in [-0.1, -0.05) is 0 Å². The van der Waals surface area contributed by atoms with Gasteiger partial charge in [-0.2, -0.15) is 0 Å². The van der Waals surface area contributed by atoms with Gasteiger partial charge < -0.3 is 0 Å². The summed E-state index contributed by atoms with van der Waals surface area (Å²) in [7, 11) is 0. The van der Waals surface area contributed by atoms with E-state index < -0.39 is 6.29 Å². The topological polar surface area (TPSA) is 80.0 Å². The van der Waals surface area contributed by atoms with Gasteiger partial charge in [-0.15, -0.1) is 0 Å². The van der Waals surface area contributed by atoms with Gasteiger partial charge in [-0.05, 0) is 11.6 Å². The third-order valence-electron chi connectivity index (χ3n) is 0.842. The van der Waals surface area contributed by atoms with Crippen molar-refractivity contribution in [2.75, 3.05) is 0 Å². The van der Waals surface area contributed by atoms with E-state index in [-0.39, 0.29) is 5.29 Å². The smallest absolute Gasteiger partial charge is 0.222 e. The Labute approximate surface area is 57.0 Å². The monoisotopic (exact) mass is 147 g/mol. The summed E-state index contributed by atoms with van der Waals surface area (Å²) < 4.78 is 0. The highest BCUT2D eigenvalue weighted by Gasteiger charge is 2.09. The minimum absolute atomic E-state index is 0.129. The molecule has 1 atom stereocenters. The summed E-state index contributed by atoms with van der Waals surface area (Å²) in [5, 5.41) is 1.29. The number of hydrogen-bond donors (Lipinski definition) is 2. The van der Waals surface area contributed by atoms with Crippen LogP contribution in [-0.2, 0) is 0 Å². The minimum atomic E-state index is -0.602. The number of halogens is 1. The second-order valence-electron chi connectivity index (χ2n) is 1.50. The van der Waals surface area contributed by atoms with E-state index in [2.05, 4.69) is 9.98 Å². The third-order valence-corrected chi connectivity index (χ3v) is 1.04. The molecule has 0 saturated carbocycles. The molecule has 1 rings (SSSR count). The SMILES string of the molecule is NC1N=C(Cl)N=CN1N. The molecule has 5 nitrogen and oxygen atoms in total. The Hall–Kier alpha value is -0.650. The van der Waals surface area contributed by atoms with E-state index in [1.807, 2.05) is 0 Å². The molecule has 0 aromatic carbocycles. The molecule has 0 radical (unpaired) electrons. The molecule has 0 aliphatic carbocycles. The first-order valence-electron chi connectivity index (χ1n) is 2.26. The van der Waals surface area contributed by atoms with Gasteiger partial charge in [0.05, 0.1) is 0 Å². The Bertz CT molecular complexity index is 164. The van der Waals surface area contributed by atoms with Crippen LogP contribution in [0.5, 0.6) is 0 Å². The first-order chi connectivity index (χ1) is 4.20. The molecule has 1 aliphatic rings. The molecule has 4 N–H and O–H groups in total. The lowest BCUT2D eigenvalue weighted by molar-refractivity contribution is 0.344. The van der Waals surface area contributed by atoms with Crippen LogP contribution in [0.3, 0.4) is 0 Å². The Kier molecular flexibility index (Phi) is 1.65. The van der Waals surface area contributed by atoms with Gasteiger partial charge in [-0.3, -0.25) is 10.7 Å². The van der Waals surface area contributed by atoms with Gasteiger partial charge in [0.25, 0.3) is 0 Å². The molecule has 1 unspecified atom stereocenters. The normalized spacial score (nSPS) is 26.3. The molecule has 1 aliphatic heterocycles. The first-order valence-corrected chi connectivity index (χ1v) is 2.64. The molecule has 0 fully saturated rings. The van der Waals surface area contributed by atoms with Crippen molar-refractivity contribution in [3.8, 4) is 0 Å². The van der Waals surface area contributed by atoms with Gasteiger partial charge >= 0.3 is 0 Å². The molecule has 0 bridgehead atoms. The molecule has 0 amide bonds. The maximum absolute atomic E-state index is 5.37. The van der Waals surface area contributed by atoms with Crippen molar-refractivity contribution in [1.82, 2.24) is 5.01 Å². The van der Waals surface area contributed by atoms with Crippen LogP contribution in [0.15, 0.2) is 9.98 Å². The second kappa shape index (κ2) is 2.30. The van der Waals surface area contributed by atoms with Crippen molar-refractivity contribution in [3.05, 3.63) is 0 Å². The average Bonchev–Trinajstić information content (AvgIpc) is 1.80. The number of amidine groups is 1. The molecule has 0 saturated heterocycles. The number of rotatable bonds is 0. The average molecular weight is 148 g/mol. The summed E-state index contributed by atoms with van der Waals surface area (Å²) in [6, 6.07) is 0. The molecule has 0 spiro atoms. The van der Waals surface area contributed by atoms with E-state index in [0.29, 0.717) is 0 Å². The van der Waals surface area contributed by atoms with Crippen LogP contribution in [0.1, 0.15) is 0 Å². The molecular formula is C3H6ClN5. The number of nitrogens with zero attached hydrogens (tertiary/aromatic N) is 3. The van der Waals surface area contributed by atoms with Crippen LogP contribution in [0.25, 0.3) is 0 Å². The molecule has 0 aromatic heterocycles. The fraction of sp³-hybridized carbons (Fsp3) is 0.333. The highest BCUT2D eigenvalue weighted by molar-refractivity contribution is 6.65. The summed E-state index contributed by atoms with van der Waals surface area (Å²) in [6.45, 7) is 0. The molecule has 9 heavy (non-hydrogen) atoms. The van der Waals surface area contributed by atoms with Crippen molar-refractivity contribution in [3.63, 3.8) is 0 Å². The summed E-state index contributed by atoms with van der Waals surface area (Å²) in [5.74, 6) is 5.23. The number of hydrogen-bond acceptors (Lipinski definition) is 5. The van der Waals surface area contributed by atoms with Crippen molar-refractivity contribution >= 4 is 23.2 Å². The number of aliphatic imine (C=N–C) groups is 2.